The van der Waals surface area contributed by atoms with Gasteiger partial charge in [0.2, 0.25) is 0 Å². The zero-order valence-corrected chi connectivity index (χ0v) is 14.9. The normalized spacial score (nSPS) is 21.9. The van der Waals surface area contributed by atoms with Gasteiger partial charge in [-0.3, -0.25) is 9.48 Å². The highest BCUT2D eigenvalue weighted by molar-refractivity contribution is 6.05. The Kier molecular flexibility index (Phi) is 4.46. The Hall–Kier alpha value is -2.35. The van der Waals surface area contributed by atoms with Crippen molar-refractivity contribution in [2.45, 2.75) is 37.4 Å². The first-order valence-electron chi connectivity index (χ1n) is 9.07. The monoisotopic (exact) mass is 378 g/mol. The number of rotatable bonds is 6. The summed E-state index contributed by atoms with van der Waals surface area (Å²) >= 11 is 0. The number of nitrogens with zero attached hydrogens (tertiary/aromatic N) is 2. The van der Waals surface area contributed by atoms with E-state index in [0.29, 0.717) is 22.3 Å². The fraction of sp³-hybridized carbons (Fsp3) is 0.474. The second-order valence-electron chi connectivity index (χ2n) is 7.40. The maximum Gasteiger partial charge on any atom is 0.433 e. The van der Waals surface area contributed by atoms with Gasteiger partial charge in [0.15, 0.2) is 5.69 Å². The minimum absolute atomic E-state index is 0.462. The summed E-state index contributed by atoms with van der Waals surface area (Å²) in [4.78, 5) is 12.3. The van der Waals surface area contributed by atoms with Gasteiger partial charge in [-0.25, -0.2) is 0 Å². The summed E-state index contributed by atoms with van der Waals surface area (Å²) in [5.74, 6) is 0.500. The molecule has 0 saturated heterocycles. The van der Waals surface area contributed by atoms with Gasteiger partial charge in [-0.05, 0) is 49.4 Å². The van der Waals surface area contributed by atoms with E-state index in [0.717, 1.165) is 32.1 Å². The topological polar surface area (TPSA) is 59.0 Å². The first kappa shape index (κ1) is 18.0. The molecule has 0 unspecified atom stereocenters. The molecule has 144 valence electrons. The van der Waals surface area contributed by atoms with Crippen LogP contribution in [0, 0.1) is 5.92 Å². The lowest BCUT2D eigenvalue weighted by molar-refractivity contribution is -0.144. The van der Waals surface area contributed by atoms with Gasteiger partial charge >= 0.3 is 6.18 Å². The number of carbonyl (C=O) groups excluding carboxylic acids is 1. The molecule has 4 rings (SSSR count). The molecule has 0 spiro atoms. The highest BCUT2D eigenvalue weighted by Gasteiger charge is 2.40. The van der Waals surface area contributed by atoms with E-state index in [1.807, 2.05) is 12.1 Å². The van der Waals surface area contributed by atoms with E-state index in [2.05, 4.69) is 15.7 Å². The first-order chi connectivity index (χ1) is 12.8. The second kappa shape index (κ2) is 6.67. The van der Waals surface area contributed by atoms with Gasteiger partial charge in [-0.1, -0.05) is 12.1 Å². The van der Waals surface area contributed by atoms with Crippen molar-refractivity contribution in [3.05, 3.63) is 47.3 Å². The molecule has 1 aromatic heterocycles. The van der Waals surface area contributed by atoms with Crippen molar-refractivity contribution < 1.29 is 18.0 Å². The maximum atomic E-state index is 13.1. The number of aryl methyl sites for hydroxylation is 1. The van der Waals surface area contributed by atoms with Gasteiger partial charge in [-0.2, -0.15) is 18.3 Å². The molecular weight excluding hydrogens is 357 g/mol. The predicted octanol–water partition coefficient (Wildman–Crippen LogP) is 3.55. The largest absolute Gasteiger partial charge is 0.433 e. The van der Waals surface area contributed by atoms with Gasteiger partial charge in [-0.15, -0.1) is 0 Å². The van der Waals surface area contributed by atoms with Crippen molar-refractivity contribution in [3.63, 3.8) is 0 Å². The Labute approximate surface area is 154 Å². The number of hydrogen-bond donors (Lipinski definition) is 2. The average molecular weight is 378 g/mol. The van der Waals surface area contributed by atoms with E-state index in [9.17, 15) is 18.0 Å². The number of carbonyl (C=O) groups is 1. The number of halogens is 3. The van der Waals surface area contributed by atoms with Crippen LogP contribution in [0.1, 0.15) is 46.8 Å². The van der Waals surface area contributed by atoms with E-state index >= 15 is 0 Å². The summed E-state index contributed by atoms with van der Waals surface area (Å²) in [7, 11) is 1.16. The average Bonchev–Trinajstić information content (AvgIpc) is 3.51. The highest BCUT2D eigenvalue weighted by atomic mass is 19.4. The van der Waals surface area contributed by atoms with Crippen molar-refractivity contribution in [1.29, 1.82) is 0 Å². The third kappa shape index (κ3) is 4.00. The molecular formula is C19H21F3N4O. The summed E-state index contributed by atoms with van der Waals surface area (Å²) < 4.78 is 40.0. The fourth-order valence-corrected chi connectivity index (χ4v) is 3.38. The molecule has 1 amide bonds. The minimum Gasteiger partial charge on any atom is -0.322 e. The molecule has 2 fully saturated rings. The summed E-state index contributed by atoms with van der Waals surface area (Å²) in [6.45, 7) is 1.09. The van der Waals surface area contributed by atoms with Crippen molar-refractivity contribution in [2.24, 2.45) is 13.0 Å². The van der Waals surface area contributed by atoms with Crippen LogP contribution < -0.4 is 10.6 Å². The van der Waals surface area contributed by atoms with Crippen LogP contribution in [0.2, 0.25) is 0 Å². The minimum atomic E-state index is -4.64. The number of aromatic nitrogens is 2. The van der Waals surface area contributed by atoms with Gasteiger partial charge in [0.1, 0.15) is 0 Å². The zero-order chi connectivity index (χ0) is 19.2. The molecule has 2 aromatic rings. The van der Waals surface area contributed by atoms with Gasteiger partial charge < -0.3 is 10.6 Å². The fourth-order valence-electron chi connectivity index (χ4n) is 3.38. The van der Waals surface area contributed by atoms with Crippen LogP contribution in [-0.2, 0) is 13.2 Å². The van der Waals surface area contributed by atoms with Crippen LogP contribution in [0.5, 0.6) is 0 Å². The highest BCUT2D eigenvalue weighted by Crippen LogP contribution is 2.42. The van der Waals surface area contributed by atoms with Gasteiger partial charge in [0, 0.05) is 24.7 Å². The molecule has 0 radical (unpaired) electrons. The Bertz CT molecular complexity index is 840. The summed E-state index contributed by atoms with van der Waals surface area (Å²) in [6.07, 6.45) is 0.0453. The van der Waals surface area contributed by atoms with Crippen molar-refractivity contribution in [1.82, 2.24) is 15.1 Å². The maximum absolute atomic E-state index is 13.1. The number of hydrogen-bond acceptors (Lipinski definition) is 3. The molecule has 0 bridgehead atoms. The predicted molar refractivity (Wildman–Crippen MR) is 94.5 cm³/mol. The Morgan fingerprint density at radius 1 is 1.26 bits per heavy atom. The SMILES string of the molecule is Cn1ncc(C(=O)Nc2ccc([C@@H]3C[C@H]3NCC3CC3)cc2)c1C(F)(F)F. The Balaban J connectivity index is 1.38. The zero-order valence-electron chi connectivity index (χ0n) is 14.9. The van der Waals surface area contributed by atoms with Gasteiger partial charge in [0.25, 0.3) is 5.91 Å². The van der Waals surface area contributed by atoms with Crippen molar-refractivity contribution in [2.75, 3.05) is 11.9 Å². The lowest BCUT2D eigenvalue weighted by atomic mass is 10.1. The quantitative estimate of drug-likeness (QED) is 0.808. The Morgan fingerprint density at radius 2 is 1.96 bits per heavy atom. The lowest BCUT2D eigenvalue weighted by Crippen LogP contribution is -2.20. The number of alkyl halides is 3. The number of amides is 1. The first-order valence-corrected chi connectivity index (χ1v) is 9.07. The molecule has 1 heterocycles. The van der Waals surface area contributed by atoms with E-state index in [1.54, 1.807) is 12.1 Å². The molecule has 1 aromatic carbocycles. The molecule has 27 heavy (non-hydrogen) atoms. The number of nitrogens with one attached hydrogen (secondary N) is 2. The van der Waals surface area contributed by atoms with E-state index < -0.39 is 23.3 Å². The van der Waals surface area contributed by atoms with Crippen LogP contribution in [0.3, 0.4) is 0 Å². The van der Waals surface area contributed by atoms with E-state index in [4.69, 9.17) is 0 Å². The smallest absolute Gasteiger partial charge is 0.322 e. The number of benzene rings is 1. The van der Waals surface area contributed by atoms with E-state index in [-0.39, 0.29) is 0 Å². The summed E-state index contributed by atoms with van der Waals surface area (Å²) in [6, 6.07) is 7.82. The second-order valence-corrected chi connectivity index (χ2v) is 7.40. The third-order valence-corrected chi connectivity index (χ3v) is 5.20. The standard InChI is InChI=1S/C19H21F3N4O/c1-26-17(19(20,21)22)15(10-24-26)18(27)25-13-6-4-12(5-7-13)14-8-16(14)23-9-11-2-3-11/h4-7,10-11,14,16,23H,2-3,8-9H2,1H3,(H,25,27)/t14-,16+/m0/s1. The third-order valence-electron chi connectivity index (χ3n) is 5.20. The van der Waals surface area contributed by atoms with Gasteiger partial charge in [0.05, 0.1) is 11.8 Å². The van der Waals surface area contributed by atoms with Crippen LogP contribution in [0.25, 0.3) is 0 Å². The molecule has 2 atom stereocenters. The van der Waals surface area contributed by atoms with Crippen molar-refractivity contribution >= 4 is 11.6 Å². The van der Waals surface area contributed by atoms with Crippen LogP contribution in [-0.4, -0.2) is 28.3 Å². The summed E-state index contributed by atoms with van der Waals surface area (Å²) in [5.41, 5.74) is 0.0994. The molecule has 2 saturated carbocycles. The Morgan fingerprint density at radius 3 is 2.59 bits per heavy atom. The number of anilines is 1. The van der Waals surface area contributed by atoms with Crippen LogP contribution >= 0.6 is 0 Å². The summed E-state index contributed by atoms with van der Waals surface area (Å²) in [5, 5.41) is 9.66. The lowest BCUT2D eigenvalue weighted by Gasteiger charge is -2.10. The molecule has 2 aliphatic rings. The molecule has 5 nitrogen and oxygen atoms in total. The molecule has 0 aliphatic heterocycles. The molecule has 2 aliphatic carbocycles. The molecule has 8 heteroatoms. The van der Waals surface area contributed by atoms with Crippen LogP contribution in [0.15, 0.2) is 30.5 Å². The van der Waals surface area contributed by atoms with E-state index in [1.165, 1.54) is 18.4 Å². The van der Waals surface area contributed by atoms with Crippen molar-refractivity contribution in [3.8, 4) is 0 Å². The molecule has 2 N–H and O–H groups in total. The van der Waals surface area contributed by atoms with Crippen LogP contribution in [0.4, 0.5) is 18.9 Å².